The van der Waals surface area contributed by atoms with E-state index in [4.69, 9.17) is 4.74 Å². The van der Waals surface area contributed by atoms with Gasteiger partial charge < -0.3 is 10.1 Å². The van der Waals surface area contributed by atoms with E-state index < -0.39 is 4.92 Å². The van der Waals surface area contributed by atoms with Crippen molar-refractivity contribution < 1.29 is 14.5 Å². The van der Waals surface area contributed by atoms with Crippen LogP contribution in [0, 0.1) is 17.0 Å². The van der Waals surface area contributed by atoms with Crippen LogP contribution < -0.4 is 10.1 Å². The number of nitrogens with one attached hydrogen (secondary N) is 1. The Labute approximate surface area is 139 Å². The number of pyridine rings is 1. The minimum absolute atomic E-state index is 0.115. The molecule has 0 aliphatic carbocycles. The maximum absolute atomic E-state index is 11.9. The van der Waals surface area contributed by atoms with Gasteiger partial charge in [-0.2, -0.15) is 0 Å². The summed E-state index contributed by atoms with van der Waals surface area (Å²) in [4.78, 5) is 26.0. The van der Waals surface area contributed by atoms with E-state index in [1.807, 2.05) is 31.2 Å². The van der Waals surface area contributed by atoms with Crippen LogP contribution in [-0.4, -0.2) is 22.4 Å². The number of aryl methyl sites for hydroxylation is 1. The molecule has 124 valence electrons. The van der Waals surface area contributed by atoms with Gasteiger partial charge in [0.15, 0.2) is 0 Å². The van der Waals surface area contributed by atoms with Crippen molar-refractivity contribution >= 4 is 23.5 Å². The molecule has 1 heterocycles. The Bertz CT molecular complexity index is 770. The lowest BCUT2D eigenvalue weighted by Gasteiger charge is -2.05. The van der Waals surface area contributed by atoms with Gasteiger partial charge in [0.25, 0.3) is 5.69 Å². The number of rotatable bonds is 6. The monoisotopic (exact) mass is 327 g/mol. The molecule has 0 saturated heterocycles. The van der Waals surface area contributed by atoms with Crippen molar-refractivity contribution in [1.29, 1.82) is 0 Å². The number of hydrogen-bond acceptors (Lipinski definition) is 5. The van der Waals surface area contributed by atoms with Gasteiger partial charge in [0, 0.05) is 12.1 Å². The molecule has 0 bridgehead atoms. The van der Waals surface area contributed by atoms with Crippen LogP contribution in [-0.2, 0) is 4.79 Å². The standard InChI is InChI=1S/C17H17N3O4/c1-3-24-15-7-4-13(5-8-15)6-9-16(21)19-17-12(2)10-14(11-18-17)20(22)23/h4-11H,3H2,1-2H3,(H,18,19,21)/b9-6+. The Morgan fingerprint density at radius 1 is 1.38 bits per heavy atom. The minimum Gasteiger partial charge on any atom is -0.494 e. The molecule has 1 aromatic heterocycles. The molecule has 2 aromatic rings. The number of amides is 1. The van der Waals surface area contributed by atoms with Gasteiger partial charge in [0.2, 0.25) is 5.91 Å². The van der Waals surface area contributed by atoms with E-state index in [2.05, 4.69) is 10.3 Å². The first-order chi connectivity index (χ1) is 11.5. The second-order valence-electron chi connectivity index (χ2n) is 4.94. The summed E-state index contributed by atoms with van der Waals surface area (Å²) < 4.78 is 5.35. The summed E-state index contributed by atoms with van der Waals surface area (Å²) in [6.45, 7) is 4.15. The number of nitrogens with zero attached hydrogens (tertiary/aromatic N) is 2. The maximum atomic E-state index is 11.9. The summed E-state index contributed by atoms with van der Waals surface area (Å²) in [6, 6.07) is 8.68. The zero-order valence-electron chi connectivity index (χ0n) is 13.4. The zero-order valence-corrected chi connectivity index (χ0v) is 13.4. The Morgan fingerprint density at radius 3 is 2.67 bits per heavy atom. The van der Waals surface area contributed by atoms with Gasteiger partial charge in [0.1, 0.15) is 17.8 Å². The number of aromatic nitrogens is 1. The van der Waals surface area contributed by atoms with Crippen LogP contribution >= 0.6 is 0 Å². The molecule has 0 aliphatic heterocycles. The van der Waals surface area contributed by atoms with Crippen molar-refractivity contribution in [3.8, 4) is 5.75 Å². The molecule has 0 fully saturated rings. The van der Waals surface area contributed by atoms with E-state index in [9.17, 15) is 14.9 Å². The van der Waals surface area contributed by atoms with Gasteiger partial charge in [-0.15, -0.1) is 0 Å². The van der Waals surface area contributed by atoms with E-state index >= 15 is 0 Å². The highest BCUT2D eigenvalue weighted by atomic mass is 16.6. The number of carbonyl (C=O) groups excluding carboxylic acids is 1. The topological polar surface area (TPSA) is 94.4 Å². The van der Waals surface area contributed by atoms with Gasteiger partial charge in [0.05, 0.1) is 11.5 Å². The number of hydrogen-bond donors (Lipinski definition) is 1. The molecule has 0 spiro atoms. The summed E-state index contributed by atoms with van der Waals surface area (Å²) >= 11 is 0. The van der Waals surface area contributed by atoms with E-state index in [0.717, 1.165) is 17.5 Å². The molecule has 0 atom stereocenters. The van der Waals surface area contributed by atoms with E-state index in [-0.39, 0.29) is 11.6 Å². The number of benzene rings is 1. The normalized spacial score (nSPS) is 10.6. The van der Waals surface area contributed by atoms with Crippen LogP contribution in [0.25, 0.3) is 6.08 Å². The first-order valence-electron chi connectivity index (χ1n) is 7.32. The Morgan fingerprint density at radius 2 is 2.08 bits per heavy atom. The second kappa shape index (κ2) is 7.87. The highest BCUT2D eigenvalue weighted by molar-refractivity contribution is 6.01. The van der Waals surface area contributed by atoms with E-state index in [1.54, 1.807) is 13.0 Å². The quantitative estimate of drug-likeness (QED) is 0.499. The van der Waals surface area contributed by atoms with Gasteiger partial charge in [-0.25, -0.2) is 4.98 Å². The van der Waals surface area contributed by atoms with Crippen molar-refractivity contribution in [2.45, 2.75) is 13.8 Å². The number of nitro groups is 1. The summed E-state index contributed by atoms with van der Waals surface area (Å²) in [5, 5.41) is 13.3. The Hall–Kier alpha value is -3.22. The average Bonchev–Trinajstić information content (AvgIpc) is 2.56. The Kier molecular flexibility index (Phi) is 5.62. The van der Waals surface area contributed by atoms with Crippen molar-refractivity contribution in [3.05, 3.63) is 63.8 Å². The van der Waals surface area contributed by atoms with Crippen molar-refractivity contribution in [1.82, 2.24) is 4.98 Å². The SMILES string of the molecule is CCOc1ccc(/C=C/C(=O)Nc2ncc([N+](=O)[O-])cc2C)cc1. The predicted octanol–water partition coefficient (Wildman–Crippen LogP) is 3.35. The summed E-state index contributed by atoms with van der Waals surface area (Å²) in [5.74, 6) is 0.695. The average molecular weight is 327 g/mol. The molecular weight excluding hydrogens is 310 g/mol. The van der Waals surface area contributed by atoms with Crippen molar-refractivity contribution in [3.63, 3.8) is 0 Å². The summed E-state index contributed by atoms with van der Waals surface area (Å²) in [7, 11) is 0. The zero-order chi connectivity index (χ0) is 17.5. The molecule has 1 N–H and O–H groups in total. The second-order valence-corrected chi connectivity index (χ2v) is 4.94. The van der Waals surface area contributed by atoms with Crippen LogP contribution in [0.15, 0.2) is 42.6 Å². The predicted molar refractivity (Wildman–Crippen MR) is 90.9 cm³/mol. The third-order valence-electron chi connectivity index (χ3n) is 3.13. The van der Waals surface area contributed by atoms with Gasteiger partial charge in [-0.1, -0.05) is 12.1 Å². The van der Waals surface area contributed by atoms with Gasteiger partial charge in [-0.05, 0) is 43.2 Å². The molecular formula is C17H17N3O4. The largest absolute Gasteiger partial charge is 0.494 e. The minimum atomic E-state index is -0.530. The van der Waals surface area contributed by atoms with Gasteiger partial charge >= 0.3 is 0 Å². The van der Waals surface area contributed by atoms with Crippen LogP contribution in [0.1, 0.15) is 18.1 Å². The lowest BCUT2D eigenvalue weighted by Crippen LogP contribution is -2.10. The fourth-order valence-electron chi connectivity index (χ4n) is 1.96. The molecule has 0 unspecified atom stereocenters. The summed E-state index contributed by atoms with van der Waals surface area (Å²) in [6.07, 6.45) is 4.14. The van der Waals surface area contributed by atoms with Gasteiger partial charge in [-0.3, -0.25) is 14.9 Å². The molecule has 0 aliphatic rings. The number of ether oxygens (including phenoxy) is 1. The molecule has 2 rings (SSSR count). The molecule has 0 radical (unpaired) electrons. The maximum Gasteiger partial charge on any atom is 0.287 e. The highest BCUT2D eigenvalue weighted by Gasteiger charge is 2.10. The fourth-order valence-corrected chi connectivity index (χ4v) is 1.96. The lowest BCUT2D eigenvalue weighted by molar-refractivity contribution is -0.385. The van der Waals surface area contributed by atoms with Crippen LogP contribution in [0.2, 0.25) is 0 Å². The first-order valence-corrected chi connectivity index (χ1v) is 7.32. The molecule has 1 aromatic carbocycles. The van der Waals surface area contributed by atoms with Crippen molar-refractivity contribution in [2.24, 2.45) is 0 Å². The van der Waals surface area contributed by atoms with Crippen LogP contribution in [0.4, 0.5) is 11.5 Å². The van der Waals surface area contributed by atoms with Crippen molar-refractivity contribution in [2.75, 3.05) is 11.9 Å². The van der Waals surface area contributed by atoms with E-state index in [0.29, 0.717) is 18.0 Å². The van der Waals surface area contributed by atoms with Crippen LogP contribution in [0.3, 0.4) is 0 Å². The smallest absolute Gasteiger partial charge is 0.287 e. The van der Waals surface area contributed by atoms with Crippen LogP contribution in [0.5, 0.6) is 5.75 Å². The lowest BCUT2D eigenvalue weighted by atomic mass is 10.2. The number of carbonyl (C=O) groups is 1. The van der Waals surface area contributed by atoms with E-state index in [1.165, 1.54) is 12.1 Å². The molecule has 1 amide bonds. The molecule has 0 saturated carbocycles. The molecule has 7 heteroatoms. The first kappa shape index (κ1) is 17.1. The summed E-state index contributed by atoms with van der Waals surface area (Å²) in [5.41, 5.74) is 1.25. The molecule has 7 nitrogen and oxygen atoms in total. The Balaban J connectivity index is 2.01. The number of anilines is 1. The molecule has 24 heavy (non-hydrogen) atoms. The third-order valence-corrected chi connectivity index (χ3v) is 3.13. The fraction of sp³-hybridized carbons (Fsp3) is 0.176. The highest BCUT2D eigenvalue weighted by Crippen LogP contribution is 2.18. The third kappa shape index (κ3) is 4.64.